The van der Waals surface area contributed by atoms with Crippen molar-refractivity contribution in [2.45, 2.75) is 25.4 Å². The van der Waals surface area contributed by atoms with Crippen LogP contribution >= 0.6 is 0 Å². The third-order valence-electron chi connectivity index (χ3n) is 3.55. The predicted octanol–water partition coefficient (Wildman–Crippen LogP) is 1.63. The van der Waals surface area contributed by atoms with Gasteiger partial charge in [0.15, 0.2) is 0 Å². The molecule has 1 aliphatic rings. The normalized spacial score (nSPS) is 21.8. The Kier molecular flexibility index (Phi) is 3.26. The van der Waals surface area contributed by atoms with E-state index in [1.54, 1.807) is 31.3 Å². The minimum absolute atomic E-state index is 0.320. The number of benzene rings is 1. The number of carbonyl (C=O) groups is 2. The van der Waals surface area contributed by atoms with Gasteiger partial charge < -0.3 is 15.0 Å². The van der Waals surface area contributed by atoms with E-state index >= 15 is 0 Å². The molecule has 7 heteroatoms. The molecule has 21 heavy (non-hydrogen) atoms. The molecule has 3 rings (SSSR count). The van der Waals surface area contributed by atoms with E-state index in [0.29, 0.717) is 17.2 Å². The first kappa shape index (κ1) is 13.4. The molecule has 2 aromatic rings. The average Bonchev–Trinajstić information content (AvgIpc) is 3.00. The van der Waals surface area contributed by atoms with Gasteiger partial charge in [-0.15, -0.1) is 0 Å². The number of amides is 2. The first-order chi connectivity index (χ1) is 10.0. The van der Waals surface area contributed by atoms with Gasteiger partial charge in [0.05, 0.1) is 6.04 Å². The standard InChI is InChI=1S/C14H15N3O4/c1-8-6-12(13(18)17(8)20)16-14(19)21-10-2-3-11-9(7-10)4-5-15-11/h2-5,7-8,12,15,20H,6H2,1H3,(H,16,19). The topological polar surface area (TPSA) is 94.7 Å². The molecule has 7 nitrogen and oxygen atoms in total. The fraction of sp³-hybridized carbons (Fsp3) is 0.286. The van der Waals surface area contributed by atoms with E-state index in [0.717, 1.165) is 10.9 Å². The van der Waals surface area contributed by atoms with Gasteiger partial charge in [0.25, 0.3) is 5.91 Å². The van der Waals surface area contributed by atoms with Crippen LogP contribution in [0.3, 0.4) is 0 Å². The second kappa shape index (κ2) is 5.10. The lowest BCUT2D eigenvalue weighted by Gasteiger charge is -2.12. The summed E-state index contributed by atoms with van der Waals surface area (Å²) in [5.41, 5.74) is 0.943. The summed E-state index contributed by atoms with van der Waals surface area (Å²) in [7, 11) is 0. The smallest absolute Gasteiger partial charge is 0.410 e. The summed E-state index contributed by atoms with van der Waals surface area (Å²) in [6, 6.07) is 5.98. The highest BCUT2D eigenvalue weighted by atomic mass is 16.6. The second-order valence-electron chi connectivity index (χ2n) is 5.08. The first-order valence-corrected chi connectivity index (χ1v) is 6.62. The summed E-state index contributed by atoms with van der Waals surface area (Å²) in [4.78, 5) is 26.5. The van der Waals surface area contributed by atoms with Crippen LogP contribution in [0.15, 0.2) is 30.5 Å². The van der Waals surface area contributed by atoms with Crippen LogP contribution in [0.4, 0.5) is 4.79 Å². The maximum atomic E-state index is 11.8. The van der Waals surface area contributed by atoms with Crippen LogP contribution in [-0.2, 0) is 4.79 Å². The third-order valence-corrected chi connectivity index (χ3v) is 3.55. The molecular weight excluding hydrogens is 274 g/mol. The van der Waals surface area contributed by atoms with Gasteiger partial charge in [-0.05, 0) is 37.6 Å². The zero-order valence-electron chi connectivity index (χ0n) is 11.4. The van der Waals surface area contributed by atoms with Crippen LogP contribution in [0.25, 0.3) is 10.9 Å². The van der Waals surface area contributed by atoms with Crippen LogP contribution in [0, 0.1) is 0 Å². The zero-order valence-corrected chi connectivity index (χ0v) is 11.4. The summed E-state index contributed by atoms with van der Waals surface area (Å²) in [6.07, 6.45) is 1.43. The summed E-state index contributed by atoms with van der Waals surface area (Å²) in [5, 5.41) is 13.4. The molecule has 0 aliphatic carbocycles. The summed E-state index contributed by atoms with van der Waals surface area (Å²) >= 11 is 0. The lowest BCUT2D eigenvalue weighted by Crippen LogP contribution is -2.42. The van der Waals surface area contributed by atoms with Crippen molar-refractivity contribution in [1.29, 1.82) is 0 Å². The molecule has 3 N–H and O–H groups in total. The molecule has 2 amide bonds. The number of nitrogens with zero attached hydrogens (tertiary/aromatic N) is 1. The fourth-order valence-corrected chi connectivity index (χ4v) is 2.41. The van der Waals surface area contributed by atoms with E-state index in [9.17, 15) is 14.8 Å². The summed E-state index contributed by atoms with van der Waals surface area (Å²) in [6.45, 7) is 1.70. The minimum atomic E-state index is -0.756. The van der Waals surface area contributed by atoms with Crippen molar-refractivity contribution >= 4 is 22.9 Å². The van der Waals surface area contributed by atoms with Crippen LogP contribution < -0.4 is 10.1 Å². The van der Waals surface area contributed by atoms with E-state index < -0.39 is 18.0 Å². The number of aromatic nitrogens is 1. The Balaban J connectivity index is 1.65. The third kappa shape index (κ3) is 2.55. The van der Waals surface area contributed by atoms with Gasteiger partial charge in [-0.3, -0.25) is 10.0 Å². The molecule has 2 atom stereocenters. The number of H-pyrrole nitrogens is 1. The van der Waals surface area contributed by atoms with Crippen LogP contribution in [0.1, 0.15) is 13.3 Å². The average molecular weight is 289 g/mol. The van der Waals surface area contributed by atoms with Crippen LogP contribution in [-0.4, -0.2) is 39.3 Å². The molecule has 110 valence electrons. The highest BCUT2D eigenvalue weighted by Crippen LogP contribution is 2.20. The summed E-state index contributed by atoms with van der Waals surface area (Å²) in [5.74, 6) is -0.139. The Morgan fingerprint density at radius 1 is 1.48 bits per heavy atom. The highest BCUT2D eigenvalue weighted by molar-refractivity contribution is 5.88. The number of aromatic amines is 1. The van der Waals surface area contributed by atoms with Crippen LogP contribution in [0.5, 0.6) is 5.75 Å². The van der Waals surface area contributed by atoms with Crippen molar-refractivity contribution in [3.63, 3.8) is 0 Å². The van der Waals surface area contributed by atoms with Gasteiger partial charge in [-0.1, -0.05) is 0 Å². The van der Waals surface area contributed by atoms with Crippen molar-refractivity contribution in [2.24, 2.45) is 0 Å². The molecule has 1 aromatic heterocycles. The number of hydrogen-bond acceptors (Lipinski definition) is 4. The van der Waals surface area contributed by atoms with Gasteiger partial charge in [-0.2, -0.15) is 0 Å². The molecule has 0 bridgehead atoms. The maximum Gasteiger partial charge on any atom is 0.413 e. The minimum Gasteiger partial charge on any atom is -0.410 e. The Bertz CT molecular complexity index is 696. The molecule has 0 saturated carbocycles. The van der Waals surface area contributed by atoms with E-state index in [1.807, 2.05) is 6.07 Å². The number of carbonyl (C=O) groups excluding carboxylic acids is 2. The van der Waals surface area contributed by atoms with Gasteiger partial charge >= 0.3 is 6.09 Å². The monoisotopic (exact) mass is 289 g/mol. The molecule has 2 unspecified atom stereocenters. The van der Waals surface area contributed by atoms with Gasteiger partial charge in [-0.25, -0.2) is 9.86 Å². The lowest BCUT2D eigenvalue weighted by molar-refractivity contribution is -0.164. The molecular formula is C14H15N3O4. The molecule has 0 spiro atoms. The molecule has 1 fully saturated rings. The van der Waals surface area contributed by atoms with Crippen LogP contribution in [0.2, 0.25) is 0 Å². The quantitative estimate of drug-likeness (QED) is 0.732. The molecule has 0 radical (unpaired) electrons. The number of nitrogens with one attached hydrogen (secondary N) is 2. The summed E-state index contributed by atoms with van der Waals surface area (Å²) < 4.78 is 5.16. The van der Waals surface area contributed by atoms with E-state index in [-0.39, 0.29) is 6.04 Å². The number of hydroxylamine groups is 2. The molecule has 2 heterocycles. The Morgan fingerprint density at radius 3 is 3.00 bits per heavy atom. The van der Waals surface area contributed by atoms with Gasteiger partial charge in [0.1, 0.15) is 11.8 Å². The number of rotatable bonds is 2. The Morgan fingerprint density at radius 2 is 2.29 bits per heavy atom. The van der Waals surface area contributed by atoms with Crippen molar-refractivity contribution in [2.75, 3.05) is 0 Å². The highest BCUT2D eigenvalue weighted by Gasteiger charge is 2.37. The van der Waals surface area contributed by atoms with E-state index in [4.69, 9.17) is 4.74 Å². The van der Waals surface area contributed by atoms with Gasteiger partial charge in [0, 0.05) is 17.1 Å². The number of hydrogen-bond donors (Lipinski definition) is 3. The van der Waals surface area contributed by atoms with Crippen molar-refractivity contribution < 1.29 is 19.5 Å². The molecule has 1 aromatic carbocycles. The Hall–Kier alpha value is -2.54. The second-order valence-corrected chi connectivity index (χ2v) is 5.08. The molecule has 1 saturated heterocycles. The van der Waals surface area contributed by atoms with E-state index in [2.05, 4.69) is 10.3 Å². The van der Waals surface area contributed by atoms with Crippen molar-refractivity contribution in [3.8, 4) is 5.75 Å². The van der Waals surface area contributed by atoms with Gasteiger partial charge in [0.2, 0.25) is 0 Å². The number of ether oxygens (including phenoxy) is 1. The SMILES string of the molecule is CC1CC(NC(=O)Oc2ccc3[nH]ccc3c2)C(=O)N1O. The van der Waals surface area contributed by atoms with Crippen molar-refractivity contribution in [3.05, 3.63) is 30.5 Å². The Labute approximate surface area is 120 Å². The zero-order chi connectivity index (χ0) is 15.0. The fourth-order valence-electron chi connectivity index (χ4n) is 2.41. The predicted molar refractivity (Wildman–Crippen MR) is 74.0 cm³/mol. The first-order valence-electron chi connectivity index (χ1n) is 6.62. The van der Waals surface area contributed by atoms with E-state index in [1.165, 1.54) is 0 Å². The largest absolute Gasteiger partial charge is 0.413 e. The number of fused-ring (bicyclic) bond motifs is 1. The molecule has 1 aliphatic heterocycles. The lowest BCUT2D eigenvalue weighted by atomic mass is 10.2. The maximum absolute atomic E-state index is 11.8. The van der Waals surface area contributed by atoms with Crippen molar-refractivity contribution in [1.82, 2.24) is 15.4 Å².